The van der Waals surface area contributed by atoms with Gasteiger partial charge in [0.15, 0.2) is 11.6 Å². The van der Waals surface area contributed by atoms with E-state index < -0.39 is 0 Å². The zero-order valence-corrected chi connectivity index (χ0v) is 15.9. The van der Waals surface area contributed by atoms with Crippen molar-refractivity contribution in [1.82, 2.24) is 9.97 Å². The van der Waals surface area contributed by atoms with E-state index in [9.17, 15) is 5.11 Å². The number of hydrogen-bond donors (Lipinski definition) is 2. The SMILES string of the molecule is CCCCC(CO)CNc1nc(C)ncc1OCCCc1ccccc1. The molecule has 2 aromatic rings. The van der Waals surface area contributed by atoms with Crippen molar-refractivity contribution in [1.29, 1.82) is 0 Å². The van der Waals surface area contributed by atoms with E-state index in [1.807, 2.05) is 13.0 Å². The lowest BCUT2D eigenvalue weighted by Crippen LogP contribution is -2.19. The number of aliphatic hydroxyl groups is 1. The van der Waals surface area contributed by atoms with E-state index in [-0.39, 0.29) is 12.5 Å². The van der Waals surface area contributed by atoms with Crippen LogP contribution in [-0.2, 0) is 6.42 Å². The number of nitrogens with zero attached hydrogens (tertiary/aromatic N) is 2. The number of benzene rings is 1. The van der Waals surface area contributed by atoms with Crippen LogP contribution in [0, 0.1) is 12.8 Å². The molecular weight excluding hydrogens is 326 g/mol. The first kappa shape index (κ1) is 20.2. The van der Waals surface area contributed by atoms with Gasteiger partial charge in [0, 0.05) is 13.2 Å². The summed E-state index contributed by atoms with van der Waals surface area (Å²) in [5.74, 6) is 2.33. The molecule has 1 aromatic heterocycles. The third-order valence-corrected chi connectivity index (χ3v) is 4.37. The fourth-order valence-corrected chi connectivity index (χ4v) is 2.79. The molecule has 1 unspecified atom stereocenters. The molecule has 26 heavy (non-hydrogen) atoms. The Kier molecular flexibility index (Phi) is 8.90. The number of anilines is 1. The molecule has 5 heteroatoms. The summed E-state index contributed by atoms with van der Waals surface area (Å²) < 4.78 is 5.91. The Bertz CT molecular complexity index is 634. The van der Waals surface area contributed by atoms with Crippen molar-refractivity contribution >= 4 is 5.82 Å². The maximum atomic E-state index is 9.53. The predicted molar refractivity (Wildman–Crippen MR) is 106 cm³/mol. The molecule has 0 bridgehead atoms. The summed E-state index contributed by atoms with van der Waals surface area (Å²) >= 11 is 0. The monoisotopic (exact) mass is 357 g/mol. The molecule has 0 fully saturated rings. The van der Waals surface area contributed by atoms with Gasteiger partial charge in [0.2, 0.25) is 0 Å². The second-order valence-electron chi connectivity index (χ2n) is 6.64. The highest BCUT2D eigenvalue weighted by Crippen LogP contribution is 2.22. The molecule has 0 spiro atoms. The van der Waals surface area contributed by atoms with E-state index in [4.69, 9.17) is 4.74 Å². The average molecular weight is 357 g/mol. The lowest BCUT2D eigenvalue weighted by molar-refractivity contribution is 0.223. The normalized spacial score (nSPS) is 12.0. The molecule has 0 saturated heterocycles. The van der Waals surface area contributed by atoms with Gasteiger partial charge in [-0.1, -0.05) is 50.1 Å². The number of hydrogen-bond acceptors (Lipinski definition) is 5. The van der Waals surface area contributed by atoms with Crippen LogP contribution in [0.5, 0.6) is 5.75 Å². The summed E-state index contributed by atoms with van der Waals surface area (Å²) in [5, 5.41) is 12.9. The number of rotatable bonds is 12. The molecule has 2 rings (SSSR count). The van der Waals surface area contributed by atoms with Crippen LogP contribution in [0.1, 0.15) is 44.0 Å². The maximum Gasteiger partial charge on any atom is 0.179 e. The van der Waals surface area contributed by atoms with Gasteiger partial charge >= 0.3 is 0 Å². The van der Waals surface area contributed by atoms with E-state index in [0.29, 0.717) is 30.5 Å². The number of unbranched alkanes of at least 4 members (excludes halogenated alkanes) is 1. The Labute approximate surface area is 156 Å². The highest BCUT2D eigenvalue weighted by atomic mass is 16.5. The minimum atomic E-state index is 0.185. The molecule has 0 radical (unpaired) electrons. The van der Waals surface area contributed by atoms with Crippen LogP contribution in [0.2, 0.25) is 0 Å². The minimum absolute atomic E-state index is 0.185. The first-order valence-corrected chi connectivity index (χ1v) is 9.58. The standard InChI is InChI=1S/C21H31N3O2/c1-3-4-9-19(16-25)14-23-21-20(15-22-17(2)24-21)26-13-8-12-18-10-6-5-7-11-18/h5-7,10-11,15,19,25H,3-4,8-9,12-14,16H2,1-2H3,(H,22,23,24). The van der Waals surface area contributed by atoms with Crippen LogP contribution in [0.15, 0.2) is 36.5 Å². The Hall–Kier alpha value is -2.14. The van der Waals surface area contributed by atoms with Gasteiger partial charge in [0.1, 0.15) is 5.82 Å². The zero-order valence-electron chi connectivity index (χ0n) is 15.9. The van der Waals surface area contributed by atoms with Gasteiger partial charge in [-0.05, 0) is 37.7 Å². The summed E-state index contributed by atoms with van der Waals surface area (Å²) in [7, 11) is 0. The molecule has 0 aliphatic carbocycles. The predicted octanol–water partition coefficient (Wildman–Crippen LogP) is 4.01. The highest BCUT2D eigenvalue weighted by Gasteiger charge is 2.11. The van der Waals surface area contributed by atoms with Crippen molar-refractivity contribution in [2.45, 2.75) is 46.0 Å². The first-order valence-electron chi connectivity index (χ1n) is 9.58. The van der Waals surface area contributed by atoms with Crippen molar-refractivity contribution in [2.75, 3.05) is 25.1 Å². The van der Waals surface area contributed by atoms with Crippen LogP contribution in [0.4, 0.5) is 5.82 Å². The van der Waals surface area contributed by atoms with Crippen molar-refractivity contribution in [2.24, 2.45) is 5.92 Å². The number of nitrogens with one attached hydrogen (secondary N) is 1. The van der Waals surface area contributed by atoms with Crippen LogP contribution in [0.25, 0.3) is 0 Å². The number of aliphatic hydroxyl groups excluding tert-OH is 1. The van der Waals surface area contributed by atoms with Gasteiger partial charge < -0.3 is 15.2 Å². The lowest BCUT2D eigenvalue weighted by atomic mass is 10.0. The third kappa shape index (κ3) is 7.00. The molecule has 142 valence electrons. The summed E-state index contributed by atoms with van der Waals surface area (Å²) in [6, 6.07) is 10.4. The Morgan fingerprint density at radius 1 is 1.19 bits per heavy atom. The van der Waals surface area contributed by atoms with Crippen LogP contribution < -0.4 is 10.1 Å². The molecule has 0 aliphatic heterocycles. The Morgan fingerprint density at radius 3 is 2.73 bits per heavy atom. The van der Waals surface area contributed by atoms with Crippen molar-refractivity contribution in [3.8, 4) is 5.75 Å². The Morgan fingerprint density at radius 2 is 2.00 bits per heavy atom. The summed E-state index contributed by atoms with van der Waals surface area (Å²) in [4.78, 5) is 8.72. The van der Waals surface area contributed by atoms with Crippen LogP contribution in [-0.4, -0.2) is 34.8 Å². The molecule has 1 atom stereocenters. The second kappa shape index (κ2) is 11.5. The van der Waals surface area contributed by atoms with E-state index in [2.05, 4.69) is 46.5 Å². The fourth-order valence-electron chi connectivity index (χ4n) is 2.79. The van der Waals surface area contributed by atoms with Gasteiger partial charge in [-0.25, -0.2) is 9.97 Å². The van der Waals surface area contributed by atoms with Crippen molar-refractivity contribution in [3.05, 3.63) is 47.9 Å². The molecular formula is C21H31N3O2. The van der Waals surface area contributed by atoms with Crippen molar-refractivity contribution < 1.29 is 9.84 Å². The van der Waals surface area contributed by atoms with E-state index >= 15 is 0 Å². The number of ether oxygens (including phenoxy) is 1. The molecule has 5 nitrogen and oxygen atoms in total. The van der Waals surface area contributed by atoms with Gasteiger partial charge in [-0.2, -0.15) is 0 Å². The molecule has 0 amide bonds. The van der Waals surface area contributed by atoms with Gasteiger partial charge in [0.25, 0.3) is 0 Å². The zero-order chi connectivity index (χ0) is 18.6. The molecule has 0 saturated carbocycles. The smallest absolute Gasteiger partial charge is 0.179 e. The van der Waals surface area contributed by atoms with Gasteiger partial charge in [0.05, 0.1) is 12.8 Å². The van der Waals surface area contributed by atoms with Crippen LogP contribution in [0.3, 0.4) is 0 Å². The largest absolute Gasteiger partial charge is 0.488 e. The van der Waals surface area contributed by atoms with Gasteiger partial charge in [-0.3, -0.25) is 0 Å². The summed E-state index contributed by atoms with van der Waals surface area (Å²) in [5.41, 5.74) is 1.32. The molecule has 1 aromatic carbocycles. The molecule has 2 N–H and O–H groups in total. The van der Waals surface area contributed by atoms with Crippen LogP contribution >= 0.6 is 0 Å². The van der Waals surface area contributed by atoms with Crippen molar-refractivity contribution in [3.63, 3.8) is 0 Å². The first-order chi connectivity index (χ1) is 12.7. The fraction of sp³-hybridized carbons (Fsp3) is 0.524. The lowest BCUT2D eigenvalue weighted by Gasteiger charge is -2.17. The minimum Gasteiger partial charge on any atom is -0.488 e. The second-order valence-corrected chi connectivity index (χ2v) is 6.64. The Balaban J connectivity index is 1.85. The quantitative estimate of drug-likeness (QED) is 0.562. The highest BCUT2D eigenvalue weighted by molar-refractivity contribution is 5.48. The average Bonchev–Trinajstić information content (AvgIpc) is 2.67. The topological polar surface area (TPSA) is 67.3 Å². The summed E-state index contributed by atoms with van der Waals surface area (Å²) in [6.45, 7) is 5.52. The van der Waals surface area contributed by atoms with E-state index in [1.54, 1.807) is 6.20 Å². The maximum absolute atomic E-state index is 9.53. The van der Waals surface area contributed by atoms with E-state index in [1.165, 1.54) is 5.56 Å². The number of aryl methyl sites for hydroxylation is 2. The third-order valence-electron chi connectivity index (χ3n) is 4.37. The molecule has 0 aliphatic rings. The van der Waals surface area contributed by atoms with Gasteiger partial charge in [-0.15, -0.1) is 0 Å². The summed E-state index contributed by atoms with van der Waals surface area (Å²) in [6.07, 6.45) is 6.93. The molecule has 1 heterocycles. The number of aromatic nitrogens is 2. The van der Waals surface area contributed by atoms with E-state index in [0.717, 1.165) is 32.1 Å².